The van der Waals surface area contributed by atoms with Crippen molar-refractivity contribution in [3.63, 3.8) is 0 Å². The summed E-state index contributed by atoms with van der Waals surface area (Å²) in [4.78, 5) is 10.9. The van der Waals surface area contributed by atoms with E-state index in [1.165, 1.54) is 6.42 Å². The molecule has 2 aliphatic carbocycles. The van der Waals surface area contributed by atoms with Crippen LogP contribution in [-0.2, 0) is 9.53 Å². The molecule has 3 nitrogen and oxygen atoms in total. The molecule has 1 saturated carbocycles. The normalized spacial score (nSPS) is 31.7. The Balaban J connectivity index is 0.000000354. The van der Waals surface area contributed by atoms with Crippen LogP contribution in [0.25, 0.3) is 0 Å². The molecule has 14 heavy (non-hydrogen) atoms. The summed E-state index contributed by atoms with van der Waals surface area (Å²) >= 11 is 0. The maximum Gasteiger partial charge on any atom is 0.262 e. The van der Waals surface area contributed by atoms with Crippen LogP contribution in [0.5, 0.6) is 0 Å². The van der Waals surface area contributed by atoms with Gasteiger partial charge in [-0.25, -0.2) is 0 Å². The molecule has 1 N–H and O–H groups in total. The summed E-state index contributed by atoms with van der Waals surface area (Å²) in [6.07, 6.45) is 5.45. The molecular formula is C11H15NO2. The third kappa shape index (κ3) is 1.54. The van der Waals surface area contributed by atoms with Crippen LogP contribution in [0.15, 0.2) is 23.6 Å². The number of nitrogens with one attached hydrogen (secondary N) is 1. The third-order valence-electron chi connectivity index (χ3n) is 2.54. The molecule has 0 aromatic heterocycles. The molecule has 0 aromatic carbocycles. The van der Waals surface area contributed by atoms with E-state index in [0.717, 1.165) is 11.5 Å². The number of carbonyl (C=O) groups excluding carboxylic acids is 1. The number of hydrogen-bond donors (Lipinski definition) is 1. The van der Waals surface area contributed by atoms with E-state index in [0.29, 0.717) is 11.8 Å². The lowest BCUT2D eigenvalue weighted by atomic mass is 10.1. The fraction of sp³-hybridized carbons (Fsp3) is 0.545. The van der Waals surface area contributed by atoms with Crippen molar-refractivity contribution < 1.29 is 9.53 Å². The summed E-state index contributed by atoms with van der Waals surface area (Å²) in [6.45, 7) is 4.17. The standard InChI is InChI=1S/C9H9NO2.C2H6/c11-9-4-12-8-3-6-1-5(6)2-7(8)10-9;1-2/h2-3,5-6H,1,4H2,(H,10,11);1-2H3. The van der Waals surface area contributed by atoms with Gasteiger partial charge in [-0.05, 0) is 24.3 Å². The van der Waals surface area contributed by atoms with Crippen molar-refractivity contribution in [3.8, 4) is 0 Å². The number of amides is 1. The Hall–Kier alpha value is -1.25. The lowest BCUT2D eigenvalue weighted by Crippen LogP contribution is -2.34. The van der Waals surface area contributed by atoms with Crippen molar-refractivity contribution in [2.45, 2.75) is 20.3 Å². The summed E-state index contributed by atoms with van der Waals surface area (Å²) in [5.74, 6) is 2.16. The molecular weight excluding hydrogens is 178 g/mol. The Labute approximate surface area is 83.8 Å². The first kappa shape index (κ1) is 9.31. The topological polar surface area (TPSA) is 38.3 Å². The average Bonchev–Trinajstić information content (AvgIpc) is 2.95. The van der Waals surface area contributed by atoms with Gasteiger partial charge in [0.1, 0.15) is 5.76 Å². The quantitative estimate of drug-likeness (QED) is 0.634. The molecule has 0 bridgehead atoms. The van der Waals surface area contributed by atoms with E-state index in [1.54, 1.807) is 0 Å². The number of rotatable bonds is 0. The number of ether oxygens (including phenoxy) is 1. The van der Waals surface area contributed by atoms with Crippen LogP contribution in [0.1, 0.15) is 20.3 Å². The van der Waals surface area contributed by atoms with E-state index >= 15 is 0 Å². The fourth-order valence-electron chi connectivity index (χ4n) is 1.76. The molecule has 1 amide bonds. The molecule has 1 heterocycles. The number of fused-ring (bicyclic) bond motifs is 2. The Kier molecular flexibility index (Phi) is 2.32. The zero-order valence-corrected chi connectivity index (χ0v) is 8.54. The SMILES string of the molecule is CC.O=C1COC2=CC3CC3C=C2N1. The second-order valence-corrected chi connectivity index (χ2v) is 3.51. The van der Waals surface area contributed by atoms with Crippen LogP contribution in [0.2, 0.25) is 0 Å². The van der Waals surface area contributed by atoms with E-state index < -0.39 is 0 Å². The van der Waals surface area contributed by atoms with Crippen LogP contribution >= 0.6 is 0 Å². The molecule has 2 unspecified atom stereocenters. The zero-order valence-electron chi connectivity index (χ0n) is 8.54. The second-order valence-electron chi connectivity index (χ2n) is 3.51. The average molecular weight is 193 g/mol. The highest BCUT2D eigenvalue weighted by atomic mass is 16.5. The zero-order chi connectivity index (χ0) is 10.1. The molecule has 2 fully saturated rings. The predicted octanol–water partition coefficient (Wildman–Crippen LogP) is 1.58. The highest BCUT2D eigenvalue weighted by molar-refractivity contribution is 5.81. The van der Waals surface area contributed by atoms with Gasteiger partial charge in [0.15, 0.2) is 6.61 Å². The van der Waals surface area contributed by atoms with E-state index in [1.807, 2.05) is 13.8 Å². The molecule has 0 radical (unpaired) electrons. The molecule has 1 aliphatic heterocycles. The monoisotopic (exact) mass is 193 g/mol. The Bertz CT molecular complexity index is 317. The summed E-state index contributed by atoms with van der Waals surface area (Å²) in [5.41, 5.74) is 0.880. The van der Waals surface area contributed by atoms with Gasteiger partial charge >= 0.3 is 0 Å². The summed E-state index contributed by atoms with van der Waals surface area (Å²) < 4.78 is 5.27. The smallest absolute Gasteiger partial charge is 0.262 e. The van der Waals surface area contributed by atoms with Gasteiger partial charge in [-0.1, -0.05) is 19.9 Å². The van der Waals surface area contributed by atoms with E-state index in [4.69, 9.17) is 4.74 Å². The number of carbonyl (C=O) groups is 1. The van der Waals surface area contributed by atoms with E-state index in [2.05, 4.69) is 17.5 Å². The first-order valence-electron chi connectivity index (χ1n) is 5.19. The second kappa shape index (κ2) is 3.48. The lowest BCUT2D eigenvalue weighted by molar-refractivity contribution is -0.125. The maximum absolute atomic E-state index is 10.9. The van der Waals surface area contributed by atoms with Gasteiger partial charge in [-0.15, -0.1) is 0 Å². The minimum Gasteiger partial charge on any atom is -0.482 e. The summed E-state index contributed by atoms with van der Waals surface area (Å²) in [5, 5.41) is 2.80. The van der Waals surface area contributed by atoms with Crippen LogP contribution < -0.4 is 5.32 Å². The van der Waals surface area contributed by atoms with Gasteiger partial charge in [0.2, 0.25) is 0 Å². The van der Waals surface area contributed by atoms with E-state index in [9.17, 15) is 4.79 Å². The Morgan fingerprint density at radius 2 is 2.07 bits per heavy atom. The summed E-state index contributed by atoms with van der Waals surface area (Å²) in [6, 6.07) is 0. The molecule has 0 aromatic rings. The number of allylic oxidation sites excluding steroid dienone is 2. The van der Waals surface area contributed by atoms with Crippen LogP contribution in [0.4, 0.5) is 0 Å². The minimum absolute atomic E-state index is 0.0440. The number of morpholine rings is 1. The molecule has 3 aliphatic rings. The van der Waals surface area contributed by atoms with Crippen molar-refractivity contribution in [3.05, 3.63) is 23.6 Å². The van der Waals surface area contributed by atoms with Gasteiger partial charge in [-0.3, -0.25) is 4.79 Å². The molecule has 0 spiro atoms. The fourth-order valence-corrected chi connectivity index (χ4v) is 1.76. The van der Waals surface area contributed by atoms with Gasteiger partial charge in [0.25, 0.3) is 5.91 Å². The van der Waals surface area contributed by atoms with Crippen molar-refractivity contribution in [2.75, 3.05) is 6.61 Å². The molecule has 3 heteroatoms. The van der Waals surface area contributed by atoms with Gasteiger partial charge in [0.05, 0.1) is 5.70 Å². The summed E-state index contributed by atoms with van der Waals surface area (Å²) in [7, 11) is 0. The maximum atomic E-state index is 10.9. The van der Waals surface area contributed by atoms with Crippen molar-refractivity contribution in [2.24, 2.45) is 11.8 Å². The predicted molar refractivity (Wildman–Crippen MR) is 53.2 cm³/mol. The van der Waals surface area contributed by atoms with Gasteiger partial charge in [0, 0.05) is 0 Å². The van der Waals surface area contributed by atoms with Gasteiger partial charge in [-0.2, -0.15) is 0 Å². The molecule has 76 valence electrons. The minimum atomic E-state index is -0.0440. The number of hydrogen-bond acceptors (Lipinski definition) is 2. The van der Waals surface area contributed by atoms with Crippen molar-refractivity contribution in [1.29, 1.82) is 0 Å². The largest absolute Gasteiger partial charge is 0.482 e. The first-order valence-corrected chi connectivity index (χ1v) is 5.19. The van der Waals surface area contributed by atoms with Gasteiger partial charge < -0.3 is 10.1 Å². The van der Waals surface area contributed by atoms with Crippen LogP contribution in [0, 0.1) is 11.8 Å². The first-order chi connectivity index (χ1) is 6.83. The molecule has 3 rings (SSSR count). The van der Waals surface area contributed by atoms with Crippen molar-refractivity contribution >= 4 is 5.91 Å². The van der Waals surface area contributed by atoms with Crippen molar-refractivity contribution in [1.82, 2.24) is 5.32 Å². The highest BCUT2D eigenvalue weighted by Crippen LogP contribution is 2.46. The Morgan fingerprint density at radius 3 is 2.86 bits per heavy atom. The van der Waals surface area contributed by atoms with Crippen LogP contribution in [0.3, 0.4) is 0 Å². The van der Waals surface area contributed by atoms with Crippen LogP contribution in [-0.4, -0.2) is 12.5 Å². The lowest BCUT2D eigenvalue weighted by Gasteiger charge is -2.22. The Morgan fingerprint density at radius 1 is 1.36 bits per heavy atom. The molecule has 2 atom stereocenters. The third-order valence-corrected chi connectivity index (χ3v) is 2.54. The molecule has 1 saturated heterocycles. The highest BCUT2D eigenvalue weighted by Gasteiger charge is 2.39. The van der Waals surface area contributed by atoms with E-state index in [-0.39, 0.29) is 12.5 Å².